The van der Waals surface area contributed by atoms with Crippen molar-refractivity contribution in [1.82, 2.24) is 20.9 Å². The molecule has 12 heteroatoms. The molecular formula is C23H34N10O2. The smallest absolute Gasteiger partial charge is 0.202 e. The Hall–Kier alpha value is -3.96. The molecule has 0 aromatic carbocycles. The maximum absolute atomic E-state index is 6.03. The van der Waals surface area contributed by atoms with E-state index in [0.717, 1.165) is 35.9 Å². The molecule has 0 saturated carbocycles. The van der Waals surface area contributed by atoms with Gasteiger partial charge in [-0.15, -0.1) is 0 Å². The first-order valence-electron chi connectivity index (χ1n) is 11.8. The molecule has 2 aromatic heterocycles. The quantitative estimate of drug-likeness (QED) is 0.349. The third kappa shape index (κ3) is 7.01. The minimum atomic E-state index is -0.328. The van der Waals surface area contributed by atoms with Gasteiger partial charge in [-0.2, -0.15) is 0 Å². The normalized spacial score (nSPS) is 19.6. The summed E-state index contributed by atoms with van der Waals surface area (Å²) in [6.07, 6.45) is 1.52. The van der Waals surface area contributed by atoms with E-state index in [9.17, 15) is 0 Å². The molecule has 2 unspecified atom stereocenters. The summed E-state index contributed by atoms with van der Waals surface area (Å²) in [6.45, 7) is 7.73. The lowest BCUT2D eigenvalue weighted by atomic mass is 10.2. The first kappa shape index (κ1) is 24.2. The van der Waals surface area contributed by atoms with Crippen molar-refractivity contribution in [3.8, 4) is 0 Å². The highest BCUT2D eigenvalue weighted by Gasteiger charge is 2.21. The summed E-state index contributed by atoms with van der Waals surface area (Å²) >= 11 is 0. The standard InChI is InChI=1S/C23H34N10O2/c1-14-4-6-17(34-14)8-11-26-22-30-19(29-21(25)31-22)10-13-33(12-9-18-7-5-15(2)35-18)23-28-16(3)27-20(24)32-23/h4-7,16,19H,8-13H2,1-3H3,(H3,24,27,28,32)(H4,25,26,29,30,31). The van der Waals surface area contributed by atoms with Crippen molar-refractivity contribution in [2.24, 2.45) is 31.4 Å². The summed E-state index contributed by atoms with van der Waals surface area (Å²) in [4.78, 5) is 20.1. The lowest BCUT2D eigenvalue weighted by Crippen LogP contribution is -2.51. The van der Waals surface area contributed by atoms with Gasteiger partial charge < -0.3 is 30.5 Å². The maximum atomic E-state index is 6.03. The maximum Gasteiger partial charge on any atom is 0.202 e. The van der Waals surface area contributed by atoms with Crippen LogP contribution in [0.2, 0.25) is 0 Å². The molecule has 4 rings (SSSR count). The van der Waals surface area contributed by atoms with Crippen LogP contribution >= 0.6 is 0 Å². The lowest BCUT2D eigenvalue weighted by molar-refractivity contribution is 0.367. The molecule has 0 spiro atoms. The highest BCUT2D eigenvalue weighted by molar-refractivity contribution is 6.00. The predicted molar refractivity (Wildman–Crippen MR) is 136 cm³/mol. The van der Waals surface area contributed by atoms with E-state index in [1.54, 1.807) is 0 Å². The summed E-state index contributed by atoms with van der Waals surface area (Å²) in [5.74, 6) is 5.58. The molecule has 0 bridgehead atoms. The molecule has 12 nitrogen and oxygen atoms in total. The van der Waals surface area contributed by atoms with Crippen molar-refractivity contribution in [1.29, 1.82) is 0 Å². The van der Waals surface area contributed by atoms with E-state index in [-0.39, 0.29) is 12.3 Å². The van der Waals surface area contributed by atoms with Crippen molar-refractivity contribution in [2.75, 3.05) is 19.6 Å². The minimum Gasteiger partial charge on any atom is -0.466 e. The number of hydrogen-bond acceptors (Lipinski definition) is 12. The van der Waals surface area contributed by atoms with Crippen molar-refractivity contribution >= 4 is 23.8 Å². The number of hydrogen-bond donors (Lipinski definition) is 5. The Morgan fingerprint density at radius 2 is 1.57 bits per heavy atom. The second kappa shape index (κ2) is 11.0. The van der Waals surface area contributed by atoms with Gasteiger partial charge in [0.15, 0.2) is 17.9 Å². The molecule has 7 N–H and O–H groups in total. The molecular weight excluding hydrogens is 448 g/mol. The Kier molecular flexibility index (Phi) is 7.58. The zero-order valence-electron chi connectivity index (χ0n) is 20.4. The molecule has 2 aromatic rings. The summed E-state index contributed by atoms with van der Waals surface area (Å²) in [7, 11) is 0. The summed E-state index contributed by atoms with van der Waals surface area (Å²) < 4.78 is 11.4. The van der Waals surface area contributed by atoms with Crippen molar-refractivity contribution in [3.63, 3.8) is 0 Å². The van der Waals surface area contributed by atoms with Crippen molar-refractivity contribution in [3.05, 3.63) is 47.3 Å². The zero-order chi connectivity index (χ0) is 24.8. The second-order valence-corrected chi connectivity index (χ2v) is 8.55. The van der Waals surface area contributed by atoms with Crippen LogP contribution < -0.4 is 27.4 Å². The number of furan rings is 2. The van der Waals surface area contributed by atoms with E-state index in [1.165, 1.54) is 0 Å². The molecule has 2 aliphatic heterocycles. The highest BCUT2D eigenvalue weighted by atomic mass is 16.3. The minimum absolute atomic E-state index is 0.251. The van der Waals surface area contributed by atoms with Gasteiger partial charge in [0.2, 0.25) is 5.96 Å². The molecule has 0 radical (unpaired) electrons. The summed E-state index contributed by atoms with van der Waals surface area (Å²) in [6, 6.07) is 7.89. The molecule has 4 heterocycles. The van der Waals surface area contributed by atoms with Crippen LogP contribution in [0.5, 0.6) is 0 Å². The van der Waals surface area contributed by atoms with Gasteiger partial charge in [0, 0.05) is 38.9 Å². The van der Waals surface area contributed by atoms with Gasteiger partial charge in [-0.3, -0.25) is 10.6 Å². The Labute approximate surface area is 204 Å². The van der Waals surface area contributed by atoms with E-state index < -0.39 is 0 Å². The molecule has 35 heavy (non-hydrogen) atoms. The fourth-order valence-electron chi connectivity index (χ4n) is 3.87. The summed E-state index contributed by atoms with van der Waals surface area (Å²) in [5.41, 5.74) is 12.0. The van der Waals surface area contributed by atoms with Gasteiger partial charge in [0.25, 0.3) is 0 Å². The molecule has 0 aliphatic carbocycles. The van der Waals surface area contributed by atoms with E-state index in [0.29, 0.717) is 49.9 Å². The van der Waals surface area contributed by atoms with Crippen LogP contribution in [0.25, 0.3) is 0 Å². The van der Waals surface area contributed by atoms with E-state index in [2.05, 4.69) is 40.8 Å². The number of aryl methyl sites for hydroxylation is 2. The fraction of sp³-hybridized carbons (Fsp3) is 0.478. The van der Waals surface area contributed by atoms with Gasteiger partial charge in [-0.1, -0.05) is 0 Å². The van der Waals surface area contributed by atoms with Gasteiger partial charge in [0.1, 0.15) is 35.4 Å². The molecule has 0 fully saturated rings. The van der Waals surface area contributed by atoms with Gasteiger partial charge >= 0.3 is 0 Å². The van der Waals surface area contributed by atoms with Crippen LogP contribution in [0, 0.1) is 13.8 Å². The van der Waals surface area contributed by atoms with Crippen LogP contribution in [0.3, 0.4) is 0 Å². The van der Waals surface area contributed by atoms with Gasteiger partial charge in [-0.05, 0) is 45.0 Å². The van der Waals surface area contributed by atoms with Crippen molar-refractivity contribution < 1.29 is 8.83 Å². The van der Waals surface area contributed by atoms with Gasteiger partial charge in [-0.25, -0.2) is 20.0 Å². The number of nitrogens with two attached hydrogens (primary N) is 2. The van der Waals surface area contributed by atoms with Crippen LogP contribution in [0.4, 0.5) is 0 Å². The van der Waals surface area contributed by atoms with Crippen LogP contribution in [-0.4, -0.2) is 60.7 Å². The van der Waals surface area contributed by atoms with E-state index in [4.69, 9.17) is 20.3 Å². The average Bonchev–Trinajstić information content (AvgIpc) is 3.40. The predicted octanol–water partition coefficient (Wildman–Crippen LogP) is 0.776. The number of aliphatic imine (C=N–C) groups is 4. The topological polar surface area (TPSA) is 167 Å². The monoisotopic (exact) mass is 482 g/mol. The number of guanidine groups is 4. The second-order valence-electron chi connectivity index (χ2n) is 8.55. The first-order chi connectivity index (χ1) is 16.8. The fourth-order valence-corrected chi connectivity index (χ4v) is 3.87. The largest absolute Gasteiger partial charge is 0.466 e. The molecule has 0 saturated heterocycles. The van der Waals surface area contributed by atoms with Crippen LogP contribution in [-0.2, 0) is 12.8 Å². The Morgan fingerprint density at radius 3 is 2.23 bits per heavy atom. The number of rotatable bonds is 9. The zero-order valence-corrected chi connectivity index (χ0v) is 20.4. The van der Waals surface area contributed by atoms with Crippen LogP contribution in [0.1, 0.15) is 36.4 Å². The first-order valence-corrected chi connectivity index (χ1v) is 11.8. The third-order valence-corrected chi connectivity index (χ3v) is 5.53. The molecule has 2 atom stereocenters. The highest BCUT2D eigenvalue weighted by Crippen LogP contribution is 2.12. The average molecular weight is 483 g/mol. The van der Waals surface area contributed by atoms with E-state index in [1.807, 2.05) is 45.0 Å². The Balaban J connectivity index is 1.36. The SMILES string of the molecule is Cc1ccc(CCNC2=NC(CCN(CCc3ccc(C)o3)C3=NC(C)N=C(N)N3)N=C(N)N2)o1. The number of nitrogens with zero attached hydrogens (tertiary/aromatic N) is 5. The number of nitrogens with one attached hydrogen (secondary N) is 3. The lowest BCUT2D eigenvalue weighted by Gasteiger charge is -2.30. The summed E-state index contributed by atoms with van der Waals surface area (Å²) in [5, 5.41) is 9.35. The Morgan fingerprint density at radius 1 is 0.886 bits per heavy atom. The third-order valence-electron chi connectivity index (χ3n) is 5.53. The van der Waals surface area contributed by atoms with E-state index >= 15 is 0 Å². The molecule has 188 valence electrons. The van der Waals surface area contributed by atoms with Crippen LogP contribution in [0.15, 0.2) is 53.1 Å². The van der Waals surface area contributed by atoms with Crippen molar-refractivity contribution in [2.45, 2.75) is 52.4 Å². The molecule has 2 aliphatic rings. The molecule has 0 amide bonds. The van der Waals surface area contributed by atoms with Gasteiger partial charge in [0.05, 0.1) is 0 Å². The Bertz CT molecular complexity index is 1130.